The van der Waals surface area contributed by atoms with Crippen LogP contribution in [0.2, 0.25) is 0 Å². The molecule has 0 bridgehead atoms. The summed E-state index contributed by atoms with van der Waals surface area (Å²) in [5, 5.41) is 1.96. The third kappa shape index (κ3) is 5.93. The normalized spacial score (nSPS) is 14.3. The van der Waals surface area contributed by atoms with Crippen LogP contribution in [0.25, 0.3) is 0 Å². The van der Waals surface area contributed by atoms with Gasteiger partial charge in [0, 0.05) is 6.54 Å². The Morgan fingerprint density at radius 1 is 1.50 bits per heavy atom. The molecule has 0 radical (unpaired) electrons. The molecular formula is C5H10F3N3O. The van der Waals surface area contributed by atoms with Crippen molar-refractivity contribution in [2.45, 2.75) is 12.2 Å². The van der Waals surface area contributed by atoms with Crippen LogP contribution in [0, 0.1) is 0 Å². The molecule has 72 valence electrons. The maximum Gasteiger partial charge on any atom is 0.401 e. The molecule has 0 spiro atoms. The summed E-state index contributed by atoms with van der Waals surface area (Å²) in [5.41, 5.74) is 9.74. The van der Waals surface area contributed by atoms with Gasteiger partial charge in [-0.05, 0) is 0 Å². The second kappa shape index (κ2) is 4.27. The SMILES string of the molecule is NC(=O)C(N)CNCC(F)(F)F. The number of halogens is 3. The van der Waals surface area contributed by atoms with Gasteiger partial charge in [0.1, 0.15) is 0 Å². The van der Waals surface area contributed by atoms with Crippen LogP contribution in [0.1, 0.15) is 0 Å². The number of amides is 1. The van der Waals surface area contributed by atoms with E-state index in [1.165, 1.54) is 0 Å². The number of alkyl halides is 3. The van der Waals surface area contributed by atoms with Crippen LogP contribution in [-0.4, -0.2) is 31.2 Å². The van der Waals surface area contributed by atoms with Crippen LogP contribution < -0.4 is 16.8 Å². The van der Waals surface area contributed by atoms with Crippen LogP contribution >= 0.6 is 0 Å². The fourth-order valence-corrected chi connectivity index (χ4v) is 0.470. The lowest BCUT2D eigenvalue weighted by Gasteiger charge is -2.10. The fraction of sp³-hybridized carbons (Fsp3) is 0.800. The van der Waals surface area contributed by atoms with Gasteiger partial charge in [-0.3, -0.25) is 4.79 Å². The molecule has 4 nitrogen and oxygen atoms in total. The lowest BCUT2D eigenvalue weighted by atomic mass is 10.3. The van der Waals surface area contributed by atoms with E-state index in [1.54, 1.807) is 0 Å². The molecule has 0 aliphatic carbocycles. The molecule has 0 aromatic carbocycles. The number of carbonyl (C=O) groups excluding carboxylic acids is 1. The zero-order valence-corrected chi connectivity index (χ0v) is 6.19. The van der Waals surface area contributed by atoms with Crippen molar-refractivity contribution in [1.82, 2.24) is 5.32 Å². The largest absolute Gasteiger partial charge is 0.401 e. The molecule has 0 aromatic rings. The quantitative estimate of drug-likeness (QED) is 0.522. The van der Waals surface area contributed by atoms with Crippen molar-refractivity contribution >= 4 is 5.91 Å². The maximum absolute atomic E-state index is 11.5. The molecule has 0 aliphatic heterocycles. The van der Waals surface area contributed by atoms with E-state index in [4.69, 9.17) is 11.5 Å². The van der Waals surface area contributed by atoms with E-state index >= 15 is 0 Å². The average Bonchev–Trinajstić information content (AvgIpc) is 1.84. The van der Waals surface area contributed by atoms with E-state index in [9.17, 15) is 18.0 Å². The Morgan fingerprint density at radius 2 is 2.00 bits per heavy atom. The Labute approximate surface area is 67.1 Å². The van der Waals surface area contributed by atoms with E-state index in [0.29, 0.717) is 0 Å². The summed E-state index contributed by atoms with van der Waals surface area (Å²) in [5.74, 6) is -0.829. The van der Waals surface area contributed by atoms with Gasteiger partial charge in [-0.15, -0.1) is 0 Å². The number of carbonyl (C=O) groups is 1. The number of nitrogens with two attached hydrogens (primary N) is 2. The minimum Gasteiger partial charge on any atom is -0.368 e. The van der Waals surface area contributed by atoms with Gasteiger partial charge < -0.3 is 16.8 Å². The zero-order chi connectivity index (χ0) is 9.78. The van der Waals surface area contributed by atoms with Crippen LogP contribution in [0.5, 0.6) is 0 Å². The van der Waals surface area contributed by atoms with E-state index in [0.717, 1.165) is 0 Å². The molecule has 0 aromatic heterocycles. The van der Waals surface area contributed by atoms with Gasteiger partial charge in [0.05, 0.1) is 12.6 Å². The first-order valence-electron chi connectivity index (χ1n) is 3.15. The van der Waals surface area contributed by atoms with Gasteiger partial charge in [-0.1, -0.05) is 0 Å². The summed E-state index contributed by atoms with van der Waals surface area (Å²) in [6.45, 7) is -1.44. The Kier molecular flexibility index (Phi) is 3.98. The predicted molar refractivity (Wildman–Crippen MR) is 36.1 cm³/mol. The Hall–Kier alpha value is -0.820. The van der Waals surface area contributed by atoms with E-state index in [1.807, 2.05) is 5.32 Å². The highest BCUT2D eigenvalue weighted by atomic mass is 19.4. The molecule has 5 N–H and O–H groups in total. The maximum atomic E-state index is 11.5. The molecule has 0 saturated heterocycles. The lowest BCUT2D eigenvalue weighted by molar-refractivity contribution is -0.126. The summed E-state index contributed by atoms with van der Waals surface area (Å²) >= 11 is 0. The molecule has 7 heteroatoms. The number of rotatable bonds is 4. The number of nitrogens with one attached hydrogen (secondary N) is 1. The first kappa shape index (κ1) is 11.2. The van der Waals surface area contributed by atoms with Crippen molar-refractivity contribution in [1.29, 1.82) is 0 Å². The van der Waals surface area contributed by atoms with Gasteiger partial charge in [-0.25, -0.2) is 0 Å². The van der Waals surface area contributed by atoms with Crippen molar-refractivity contribution in [3.05, 3.63) is 0 Å². The summed E-state index contributed by atoms with van der Waals surface area (Å²) in [6, 6.07) is -1.08. The minimum atomic E-state index is -4.29. The molecule has 1 unspecified atom stereocenters. The first-order chi connectivity index (χ1) is 5.33. The first-order valence-corrected chi connectivity index (χ1v) is 3.15. The second-order valence-corrected chi connectivity index (χ2v) is 2.25. The van der Waals surface area contributed by atoms with Gasteiger partial charge in [0.15, 0.2) is 0 Å². The highest BCUT2D eigenvalue weighted by Crippen LogP contribution is 2.11. The standard InChI is InChI=1S/C5H10F3N3O/c6-5(7,8)2-11-1-3(9)4(10)12/h3,11H,1-2,9H2,(H2,10,12). The summed E-state index contributed by atoms with van der Waals surface area (Å²) in [4.78, 5) is 10.2. The highest BCUT2D eigenvalue weighted by molar-refractivity contribution is 5.79. The molecule has 0 rings (SSSR count). The Balaban J connectivity index is 3.51. The molecule has 0 fully saturated rings. The van der Waals surface area contributed by atoms with Gasteiger partial charge in [-0.2, -0.15) is 13.2 Å². The number of hydrogen-bond donors (Lipinski definition) is 3. The van der Waals surface area contributed by atoms with Crippen LogP contribution in [-0.2, 0) is 4.79 Å². The van der Waals surface area contributed by atoms with Gasteiger partial charge >= 0.3 is 6.18 Å². The monoisotopic (exact) mass is 185 g/mol. The zero-order valence-electron chi connectivity index (χ0n) is 6.19. The Bertz CT molecular complexity index is 159. The molecule has 1 atom stereocenters. The van der Waals surface area contributed by atoms with Gasteiger partial charge in [0.25, 0.3) is 0 Å². The van der Waals surface area contributed by atoms with Crippen LogP contribution in [0.3, 0.4) is 0 Å². The molecule has 0 aliphatic rings. The van der Waals surface area contributed by atoms with Crippen molar-refractivity contribution in [2.75, 3.05) is 13.1 Å². The topological polar surface area (TPSA) is 81.1 Å². The third-order valence-corrected chi connectivity index (χ3v) is 1.06. The van der Waals surface area contributed by atoms with Crippen molar-refractivity contribution < 1.29 is 18.0 Å². The minimum absolute atomic E-state index is 0.269. The third-order valence-electron chi connectivity index (χ3n) is 1.06. The van der Waals surface area contributed by atoms with Crippen LogP contribution in [0.15, 0.2) is 0 Å². The summed E-state index contributed by atoms with van der Waals surface area (Å²) in [6.07, 6.45) is -4.29. The molecule has 12 heavy (non-hydrogen) atoms. The second-order valence-electron chi connectivity index (χ2n) is 2.25. The number of hydrogen-bond acceptors (Lipinski definition) is 3. The molecule has 0 saturated carbocycles. The highest BCUT2D eigenvalue weighted by Gasteiger charge is 2.26. The smallest absolute Gasteiger partial charge is 0.368 e. The average molecular weight is 185 g/mol. The van der Waals surface area contributed by atoms with Crippen molar-refractivity contribution in [3.8, 4) is 0 Å². The molecule has 1 amide bonds. The summed E-state index contributed by atoms with van der Waals surface area (Å²) in [7, 11) is 0. The van der Waals surface area contributed by atoms with E-state index in [2.05, 4.69) is 0 Å². The molecule has 0 heterocycles. The lowest BCUT2D eigenvalue weighted by Crippen LogP contribution is -2.46. The van der Waals surface area contributed by atoms with Crippen LogP contribution in [0.4, 0.5) is 13.2 Å². The van der Waals surface area contributed by atoms with Gasteiger partial charge in [0.2, 0.25) is 5.91 Å². The fourth-order valence-electron chi connectivity index (χ4n) is 0.470. The van der Waals surface area contributed by atoms with E-state index in [-0.39, 0.29) is 6.54 Å². The van der Waals surface area contributed by atoms with Crippen molar-refractivity contribution in [3.63, 3.8) is 0 Å². The predicted octanol–water partition coefficient (Wildman–Crippen LogP) is -1.05. The number of primary amides is 1. The van der Waals surface area contributed by atoms with Crippen molar-refractivity contribution in [2.24, 2.45) is 11.5 Å². The van der Waals surface area contributed by atoms with E-state index < -0.39 is 24.7 Å². The Morgan fingerprint density at radius 3 is 2.33 bits per heavy atom. The summed E-state index contributed by atoms with van der Waals surface area (Å²) < 4.78 is 34.5. The molecular weight excluding hydrogens is 175 g/mol.